The molecule has 1 aliphatic rings. The van der Waals surface area contributed by atoms with Crippen LogP contribution < -0.4 is 16.4 Å². The zero-order valence-corrected chi connectivity index (χ0v) is 13.5. The van der Waals surface area contributed by atoms with E-state index >= 15 is 0 Å². The van der Waals surface area contributed by atoms with E-state index in [1.807, 2.05) is 19.1 Å². The summed E-state index contributed by atoms with van der Waals surface area (Å²) >= 11 is 6.08. The fourth-order valence-corrected chi connectivity index (χ4v) is 3.19. The summed E-state index contributed by atoms with van der Waals surface area (Å²) in [6.07, 6.45) is 4.36. The van der Waals surface area contributed by atoms with Gasteiger partial charge in [-0.25, -0.2) is 4.79 Å². The predicted molar refractivity (Wildman–Crippen MR) is 87.8 cm³/mol. The molecule has 1 aromatic rings. The molecular weight excluding hydrogens is 286 g/mol. The number of nitrogens with one attached hydrogen (secondary N) is 2. The Hall–Kier alpha value is -1.26. The fourth-order valence-electron chi connectivity index (χ4n) is 3.01. The van der Waals surface area contributed by atoms with Gasteiger partial charge in [-0.3, -0.25) is 0 Å². The summed E-state index contributed by atoms with van der Waals surface area (Å²) in [5.41, 5.74) is 7.34. The number of benzene rings is 1. The first-order valence-electron chi connectivity index (χ1n) is 7.52. The molecule has 2 atom stereocenters. The van der Waals surface area contributed by atoms with Gasteiger partial charge >= 0.3 is 6.03 Å². The lowest BCUT2D eigenvalue weighted by molar-refractivity contribution is 0.166. The van der Waals surface area contributed by atoms with Crippen molar-refractivity contribution < 1.29 is 4.79 Å². The quantitative estimate of drug-likeness (QED) is 0.797. The van der Waals surface area contributed by atoms with Gasteiger partial charge in [-0.1, -0.05) is 37.4 Å². The first kappa shape index (κ1) is 16.1. The number of aryl methyl sites for hydroxylation is 1. The monoisotopic (exact) mass is 309 g/mol. The van der Waals surface area contributed by atoms with Gasteiger partial charge in [0.25, 0.3) is 0 Å². The van der Waals surface area contributed by atoms with Crippen LogP contribution in [0.2, 0.25) is 5.02 Å². The number of hydrogen-bond donors (Lipinski definition) is 3. The van der Waals surface area contributed by atoms with Crippen molar-refractivity contribution in [3.8, 4) is 0 Å². The summed E-state index contributed by atoms with van der Waals surface area (Å²) in [4.78, 5) is 12.3. The summed E-state index contributed by atoms with van der Waals surface area (Å²) in [5, 5.41) is 6.59. The molecule has 1 aromatic carbocycles. The van der Waals surface area contributed by atoms with Crippen LogP contribution in [0.3, 0.4) is 0 Å². The molecular formula is C16H24ClN3O. The number of nitrogens with two attached hydrogens (primary N) is 1. The Morgan fingerprint density at radius 1 is 1.48 bits per heavy atom. The van der Waals surface area contributed by atoms with Gasteiger partial charge in [0.05, 0.1) is 5.54 Å². The molecule has 0 heterocycles. The summed E-state index contributed by atoms with van der Waals surface area (Å²) in [7, 11) is 0. The lowest BCUT2D eigenvalue weighted by Crippen LogP contribution is -2.60. The maximum absolute atomic E-state index is 12.3. The van der Waals surface area contributed by atoms with E-state index in [0.29, 0.717) is 23.2 Å². The van der Waals surface area contributed by atoms with Crippen molar-refractivity contribution in [2.24, 2.45) is 11.7 Å². The number of urea groups is 1. The van der Waals surface area contributed by atoms with Gasteiger partial charge in [0.2, 0.25) is 0 Å². The molecule has 0 radical (unpaired) electrons. The second-order valence-electron chi connectivity index (χ2n) is 6.05. The lowest BCUT2D eigenvalue weighted by Gasteiger charge is -2.42. The minimum atomic E-state index is -0.295. The highest BCUT2D eigenvalue weighted by Crippen LogP contribution is 2.33. The number of carbonyl (C=O) groups is 1. The second-order valence-corrected chi connectivity index (χ2v) is 6.46. The molecule has 21 heavy (non-hydrogen) atoms. The van der Waals surface area contributed by atoms with E-state index in [-0.39, 0.29) is 11.6 Å². The number of carbonyl (C=O) groups excluding carboxylic acids is 1. The molecule has 116 valence electrons. The minimum Gasteiger partial charge on any atom is -0.331 e. The minimum absolute atomic E-state index is 0.214. The highest BCUT2D eigenvalue weighted by molar-refractivity contribution is 6.31. The topological polar surface area (TPSA) is 67.2 Å². The zero-order valence-electron chi connectivity index (χ0n) is 12.7. The lowest BCUT2D eigenvalue weighted by atomic mass is 9.73. The van der Waals surface area contributed by atoms with Crippen LogP contribution in [0.1, 0.15) is 38.2 Å². The third-order valence-electron chi connectivity index (χ3n) is 4.61. The largest absolute Gasteiger partial charge is 0.331 e. The Labute approximate surface area is 131 Å². The van der Waals surface area contributed by atoms with Gasteiger partial charge in [0.1, 0.15) is 0 Å². The normalized spacial score (nSPS) is 25.4. The summed E-state index contributed by atoms with van der Waals surface area (Å²) in [6.45, 7) is 4.56. The molecule has 0 spiro atoms. The van der Waals surface area contributed by atoms with Crippen molar-refractivity contribution in [1.82, 2.24) is 5.32 Å². The summed E-state index contributed by atoms with van der Waals surface area (Å²) in [5.74, 6) is 0.392. The molecule has 2 unspecified atom stereocenters. The van der Waals surface area contributed by atoms with Crippen LogP contribution in [0.25, 0.3) is 0 Å². The summed E-state index contributed by atoms with van der Waals surface area (Å²) < 4.78 is 0. The van der Waals surface area contributed by atoms with E-state index in [4.69, 9.17) is 17.3 Å². The molecule has 5 heteroatoms. The van der Waals surface area contributed by atoms with Crippen molar-refractivity contribution >= 4 is 23.3 Å². The molecule has 0 aliphatic heterocycles. The maximum Gasteiger partial charge on any atom is 0.319 e. The van der Waals surface area contributed by atoms with Crippen LogP contribution in [0.4, 0.5) is 10.5 Å². The fraction of sp³-hybridized carbons (Fsp3) is 0.562. The molecule has 4 N–H and O–H groups in total. The summed E-state index contributed by atoms with van der Waals surface area (Å²) in [6, 6.07) is 5.28. The molecule has 2 amide bonds. The number of anilines is 1. The highest BCUT2D eigenvalue weighted by Gasteiger charge is 2.38. The first-order chi connectivity index (χ1) is 9.97. The van der Waals surface area contributed by atoms with Crippen molar-refractivity contribution in [3.63, 3.8) is 0 Å². The Balaban J connectivity index is 2.04. The van der Waals surface area contributed by atoms with Crippen LogP contribution in [-0.4, -0.2) is 18.1 Å². The highest BCUT2D eigenvalue weighted by atomic mass is 35.5. The molecule has 4 nitrogen and oxygen atoms in total. The van der Waals surface area contributed by atoms with E-state index in [2.05, 4.69) is 17.6 Å². The average Bonchev–Trinajstić information content (AvgIpc) is 2.45. The smallest absolute Gasteiger partial charge is 0.319 e. The zero-order chi connectivity index (χ0) is 15.5. The van der Waals surface area contributed by atoms with Crippen LogP contribution in [0.5, 0.6) is 0 Å². The number of halogens is 1. The van der Waals surface area contributed by atoms with Gasteiger partial charge in [-0.05, 0) is 43.4 Å². The SMILES string of the molecule is Cc1ccc(NC(=O)NC2(CN)CCCCC2C)cc1Cl. The van der Waals surface area contributed by atoms with Gasteiger partial charge in [0.15, 0.2) is 0 Å². The number of amides is 2. The van der Waals surface area contributed by atoms with Gasteiger partial charge in [-0.15, -0.1) is 0 Å². The van der Waals surface area contributed by atoms with E-state index in [1.165, 1.54) is 6.42 Å². The van der Waals surface area contributed by atoms with Gasteiger partial charge in [0, 0.05) is 17.3 Å². The maximum atomic E-state index is 12.3. The molecule has 0 aromatic heterocycles. The molecule has 1 fully saturated rings. The van der Waals surface area contributed by atoms with Crippen molar-refractivity contribution in [2.45, 2.75) is 45.1 Å². The third-order valence-corrected chi connectivity index (χ3v) is 5.02. The molecule has 0 saturated heterocycles. The van der Waals surface area contributed by atoms with Gasteiger partial charge < -0.3 is 16.4 Å². The van der Waals surface area contributed by atoms with E-state index in [9.17, 15) is 4.79 Å². The van der Waals surface area contributed by atoms with E-state index < -0.39 is 0 Å². The molecule has 2 rings (SSSR count). The van der Waals surface area contributed by atoms with Gasteiger partial charge in [-0.2, -0.15) is 0 Å². The van der Waals surface area contributed by atoms with E-state index in [1.54, 1.807) is 6.07 Å². The number of rotatable bonds is 3. The van der Waals surface area contributed by atoms with E-state index in [0.717, 1.165) is 24.8 Å². The molecule has 1 aliphatic carbocycles. The molecule has 0 bridgehead atoms. The first-order valence-corrected chi connectivity index (χ1v) is 7.90. The van der Waals surface area contributed by atoms with Crippen LogP contribution in [0.15, 0.2) is 18.2 Å². The second kappa shape index (κ2) is 6.67. The van der Waals surface area contributed by atoms with Crippen LogP contribution in [0, 0.1) is 12.8 Å². The Morgan fingerprint density at radius 3 is 2.86 bits per heavy atom. The third kappa shape index (κ3) is 3.69. The standard InChI is InChI=1S/C16H24ClN3O/c1-11-6-7-13(9-14(11)17)19-15(21)20-16(10-18)8-4-3-5-12(16)2/h6-7,9,12H,3-5,8,10,18H2,1-2H3,(H2,19,20,21). The van der Waals surface area contributed by atoms with Crippen LogP contribution in [-0.2, 0) is 0 Å². The molecule has 1 saturated carbocycles. The predicted octanol–water partition coefficient (Wildman–Crippen LogP) is 3.68. The number of hydrogen-bond acceptors (Lipinski definition) is 2. The van der Waals surface area contributed by atoms with Crippen LogP contribution >= 0.6 is 11.6 Å². The average molecular weight is 310 g/mol. The Morgan fingerprint density at radius 2 is 2.24 bits per heavy atom. The van der Waals surface area contributed by atoms with Crippen molar-refractivity contribution in [1.29, 1.82) is 0 Å². The van der Waals surface area contributed by atoms with Crippen molar-refractivity contribution in [3.05, 3.63) is 28.8 Å². The Kier molecular flexibility index (Phi) is 5.12. The van der Waals surface area contributed by atoms with Crippen molar-refractivity contribution in [2.75, 3.05) is 11.9 Å². The Bertz CT molecular complexity index is 520.